The van der Waals surface area contributed by atoms with Gasteiger partial charge in [-0.15, -0.1) is 0 Å². The van der Waals surface area contributed by atoms with E-state index in [9.17, 15) is 18.0 Å². The second kappa shape index (κ2) is 10.3. The van der Waals surface area contributed by atoms with Crippen molar-refractivity contribution in [2.45, 2.75) is 12.8 Å². The zero-order valence-electron chi connectivity index (χ0n) is 16.8. The average molecular weight is 507 g/mol. The summed E-state index contributed by atoms with van der Waals surface area (Å²) in [5.74, 6) is 0.240. The highest BCUT2D eigenvalue weighted by Gasteiger charge is 2.30. The van der Waals surface area contributed by atoms with Gasteiger partial charge in [-0.05, 0) is 59.7 Å². The second-order valence-corrected chi connectivity index (χ2v) is 7.52. The van der Waals surface area contributed by atoms with Crippen molar-refractivity contribution in [1.29, 1.82) is 0 Å². The lowest BCUT2D eigenvalue weighted by atomic mass is 10.1. The predicted molar refractivity (Wildman–Crippen MR) is 118 cm³/mol. The van der Waals surface area contributed by atoms with Crippen LogP contribution in [0.4, 0.5) is 13.2 Å². The Morgan fingerprint density at radius 1 is 1.06 bits per heavy atom. The molecule has 0 aliphatic rings. The number of alkyl halides is 3. The van der Waals surface area contributed by atoms with Gasteiger partial charge in [0.05, 0.1) is 18.9 Å². The van der Waals surface area contributed by atoms with Crippen molar-refractivity contribution in [2.75, 3.05) is 7.11 Å². The number of methoxy groups -OCH3 is 1. The highest BCUT2D eigenvalue weighted by molar-refractivity contribution is 9.10. The lowest BCUT2D eigenvalue weighted by Gasteiger charge is -2.11. The first-order chi connectivity index (χ1) is 15.3. The Kier molecular flexibility index (Phi) is 7.53. The molecule has 0 atom stereocenters. The fourth-order valence-electron chi connectivity index (χ4n) is 2.69. The number of ether oxygens (including phenoxy) is 2. The first-order valence-electron chi connectivity index (χ1n) is 9.32. The number of carbonyl (C=O) groups excluding carboxylic acids is 1. The third-order valence-electron chi connectivity index (χ3n) is 4.33. The number of halogens is 4. The summed E-state index contributed by atoms with van der Waals surface area (Å²) in [7, 11) is 1.50. The molecule has 0 bridgehead atoms. The topological polar surface area (TPSA) is 59.9 Å². The molecular formula is C23H18BrF3N2O3. The summed E-state index contributed by atoms with van der Waals surface area (Å²) in [6, 6.07) is 16.9. The Morgan fingerprint density at radius 3 is 2.50 bits per heavy atom. The van der Waals surface area contributed by atoms with Gasteiger partial charge in [0.1, 0.15) is 6.61 Å². The summed E-state index contributed by atoms with van der Waals surface area (Å²) in [5, 5.41) is 3.81. The van der Waals surface area contributed by atoms with Crippen molar-refractivity contribution in [2.24, 2.45) is 5.10 Å². The normalized spacial score (nSPS) is 11.4. The van der Waals surface area contributed by atoms with Crippen LogP contribution in [0.25, 0.3) is 0 Å². The molecule has 32 heavy (non-hydrogen) atoms. The van der Waals surface area contributed by atoms with E-state index in [0.29, 0.717) is 23.7 Å². The molecule has 0 unspecified atom stereocenters. The minimum Gasteiger partial charge on any atom is -0.493 e. The van der Waals surface area contributed by atoms with Crippen LogP contribution in [0.5, 0.6) is 11.5 Å². The average Bonchev–Trinajstić information content (AvgIpc) is 2.78. The number of hydrogen-bond acceptors (Lipinski definition) is 4. The largest absolute Gasteiger partial charge is 0.493 e. The highest BCUT2D eigenvalue weighted by atomic mass is 79.9. The maximum absolute atomic E-state index is 12.8. The molecule has 9 heteroatoms. The van der Waals surface area contributed by atoms with E-state index in [1.165, 1.54) is 25.5 Å². The lowest BCUT2D eigenvalue weighted by molar-refractivity contribution is -0.137. The van der Waals surface area contributed by atoms with E-state index in [4.69, 9.17) is 9.47 Å². The van der Waals surface area contributed by atoms with E-state index in [2.05, 4.69) is 26.5 Å². The van der Waals surface area contributed by atoms with Crippen LogP contribution in [0.15, 0.2) is 76.3 Å². The number of carbonyl (C=O) groups is 1. The van der Waals surface area contributed by atoms with Gasteiger partial charge < -0.3 is 9.47 Å². The highest BCUT2D eigenvalue weighted by Crippen LogP contribution is 2.30. The number of hydrogen-bond donors (Lipinski definition) is 1. The van der Waals surface area contributed by atoms with Crippen molar-refractivity contribution < 1.29 is 27.4 Å². The fourth-order valence-corrected chi connectivity index (χ4v) is 2.96. The van der Waals surface area contributed by atoms with Crippen LogP contribution in [-0.4, -0.2) is 19.2 Å². The molecule has 0 fully saturated rings. The molecule has 166 valence electrons. The molecular weight excluding hydrogens is 489 g/mol. The monoisotopic (exact) mass is 506 g/mol. The molecule has 0 aromatic heterocycles. The van der Waals surface area contributed by atoms with Crippen LogP contribution in [0.2, 0.25) is 0 Å². The molecule has 0 saturated heterocycles. The molecule has 3 aromatic rings. The lowest BCUT2D eigenvalue weighted by Crippen LogP contribution is -2.18. The molecule has 0 heterocycles. The van der Waals surface area contributed by atoms with Crippen LogP contribution in [0, 0.1) is 0 Å². The van der Waals surface area contributed by atoms with E-state index in [1.54, 1.807) is 18.2 Å². The molecule has 1 amide bonds. The summed E-state index contributed by atoms with van der Waals surface area (Å²) in [6.07, 6.45) is -3.18. The van der Waals surface area contributed by atoms with Crippen LogP contribution < -0.4 is 14.9 Å². The Bertz CT molecular complexity index is 1120. The molecule has 3 aromatic carbocycles. The second-order valence-electron chi connectivity index (χ2n) is 6.60. The van der Waals surface area contributed by atoms with Gasteiger partial charge in [-0.3, -0.25) is 4.79 Å². The molecule has 0 radical (unpaired) electrons. The number of amides is 1. The molecule has 3 rings (SSSR count). The Hall–Kier alpha value is -3.33. The van der Waals surface area contributed by atoms with Crippen molar-refractivity contribution in [3.63, 3.8) is 0 Å². The van der Waals surface area contributed by atoms with Gasteiger partial charge >= 0.3 is 6.18 Å². The number of nitrogens with zero attached hydrogens (tertiary/aromatic N) is 1. The van der Waals surface area contributed by atoms with Crippen LogP contribution in [0.3, 0.4) is 0 Å². The van der Waals surface area contributed by atoms with Gasteiger partial charge in [0, 0.05) is 10.0 Å². The summed E-state index contributed by atoms with van der Waals surface area (Å²) >= 11 is 3.38. The first-order valence-corrected chi connectivity index (χ1v) is 10.1. The third-order valence-corrected chi connectivity index (χ3v) is 4.86. The zero-order valence-corrected chi connectivity index (χ0v) is 18.4. The zero-order chi connectivity index (χ0) is 23.1. The van der Waals surface area contributed by atoms with Crippen molar-refractivity contribution >= 4 is 28.1 Å². The van der Waals surface area contributed by atoms with Crippen LogP contribution in [-0.2, 0) is 12.8 Å². The van der Waals surface area contributed by atoms with E-state index in [1.807, 2.05) is 24.3 Å². The molecule has 1 N–H and O–H groups in total. The number of nitrogens with one attached hydrogen (secondary N) is 1. The molecule has 0 saturated carbocycles. The summed E-state index contributed by atoms with van der Waals surface area (Å²) in [4.78, 5) is 12.1. The molecule has 0 aliphatic carbocycles. The number of rotatable bonds is 7. The number of benzene rings is 3. The predicted octanol–water partition coefficient (Wildman–Crippen LogP) is 5.82. The van der Waals surface area contributed by atoms with Crippen molar-refractivity contribution in [3.8, 4) is 11.5 Å². The first kappa shape index (κ1) is 23.3. The van der Waals surface area contributed by atoms with Gasteiger partial charge in [0.15, 0.2) is 11.5 Å². The maximum atomic E-state index is 12.8. The summed E-state index contributed by atoms with van der Waals surface area (Å²) in [6.45, 7) is 0.351. The molecule has 0 aliphatic heterocycles. The third kappa shape index (κ3) is 6.34. The SMILES string of the molecule is COc1cc(/C=N\NC(=O)c2cccc(C(F)(F)F)c2)ccc1OCc1ccc(Br)cc1. The quantitative estimate of drug-likeness (QED) is 0.324. The minimum atomic E-state index is -4.53. The molecule has 5 nitrogen and oxygen atoms in total. The van der Waals surface area contributed by atoms with Gasteiger partial charge in [-0.2, -0.15) is 18.3 Å². The Morgan fingerprint density at radius 2 is 1.81 bits per heavy atom. The summed E-state index contributed by atoms with van der Waals surface area (Å²) < 4.78 is 50.5. The fraction of sp³-hybridized carbons (Fsp3) is 0.130. The van der Waals surface area contributed by atoms with E-state index >= 15 is 0 Å². The number of hydrazone groups is 1. The van der Waals surface area contributed by atoms with Gasteiger partial charge in [0.2, 0.25) is 0 Å². The van der Waals surface area contributed by atoms with Crippen LogP contribution in [0.1, 0.15) is 27.0 Å². The van der Waals surface area contributed by atoms with E-state index in [0.717, 1.165) is 22.2 Å². The summed E-state index contributed by atoms with van der Waals surface area (Å²) in [5.41, 5.74) is 2.75. The standard InChI is InChI=1S/C23H18BrF3N2O3/c1-31-21-11-16(7-10-20(21)32-14-15-5-8-19(24)9-6-15)13-28-29-22(30)17-3-2-4-18(12-17)23(25,26)27/h2-13H,14H2,1H3,(H,29,30)/b28-13-. The smallest absolute Gasteiger partial charge is 0.416 e. The van der Waals surface area contributed by atoms with Gasteiger partial charge in [-0.1, -0.05) is 34.1 Å². The van der Waals surface area contributed by atoms with Crippen molar-refractivity contribution in [1.82, 2.24) is 5.43 Å². The van der Waals surface area contributed by atoms with Crippen LogP contribution >= 0.6 is 15.9 Å². The Labute approximate surface area is 191 Å². The maximum Gasteiger partial charge on any atom is 0.416 e. The van der Waals surface area contributed by atoms with Gasteiger partial charge in [-0.25, -0.2) is 5.43 Å². The van der Waals surface area contributed by atoms with Gasteiger partial charge in [0.25, 0.3) is 5.91 Å². The minimum absolute atomic E-state index is 0.147. The Balaban J connectivity index is 1.63. The van der Waals surface area contributed by atoms with E-state index < -0.39 is 17.6 Å². The van der Waals surface area contributed by atoms with E-state index in [-0.39, 0.29) is 5.56 Å². The molecule has 0 spiro atoms. The van der Waals surface area contributed by atoms with Crippen molar-refractivity contribution in [3.05, 3.63) is 93.5 Å².